The fourth-order valence-corrected chi connectivity index (χ4v) is 1.89. The number of carbonyl (C=O) groups is 1. The SMILES string of the molecule is CCNC(=O)NCc1ccc(S(C)(=O)=O)cc1. The lowest BCUT2D eigenvalue weighted by molar-refractivity contribution is 0.241. The van der Waals surface area contributed by atoms with Gasteiger partial charge < -0.3 is 10.6 Å². The number of amides is 2. The fraction of sp³-hybridized carbons (Fsp3) is 0.364. The Balaban J connectivity index is 2.60. The first-order valence-corrected chi connectivity index (χ1v) is 7.13. The van der Waals surface area contributed by atoms with Crippen molar-refractivity contribution >= 4 is 15.9 Å². The first-order valence-electron chi connectivity index (χ1n) is 5.24. The van der Waals surface area contributed by atoms with Crippen molar-refractivity contribution in [2.45, 2.75) is 18.4 Å². The zero-order valence-corrected chi connectivity index (χ0v) is 10.7. The van der Waals surface area contributed by atoms with Crippen LogP contribution in [-0.2, 0) is 16.4 Å². The predicted octanol–water partition coefficient (Wildman–Crippen LogP) is 0.909. The Morgan fingerprint density at radius 3 is 2.24 bits per heavy atom. The molecule has 1 aromatic carbocycles. The van der Waals surface area contributed by atoms with E-state index in [1.807, 2.05) is 6.92 Å². The van der Waals surface area contributed by atoms with E-state index in [0.29, 0.717) is 13.1 Å². The van der Waals surface area contributed by atoms with Gasteiger partial charge in [0, 0.05) is 19.3 Å². The maximum absolute atomic E-state index is 11.2. The van der Waals surface area contributed by atoms with Crippen molar-refractivity contribution < 1.29 is 13.2 Å². The second-order valence-corrected chi connectivity index (χ2v) is 5.64. The second-order valence-electron chi connectivity index (χ2n) is 3.63. The number of hydrogen-bond acceptors (Lipinski definition) is 3. The van der Waals surface area contributed by atoms with Crippen LogP contribution in [0.15, 0.2) is 29.2 Å². The summed E-state index contributed by atoms with van der Waals surface area (Å²) >= 11 is 0. The van der Waals surface area contributed by atoms with E-state index in [2.05, 4.69) is 10.6 Å². The summed E-state index contributed by atoms with van der Waals surface area (Å²) in [6, 6.07) is 6.19. The average molecular weight is 256 g/mol. The zero-order chi connectivity index (χ0) is 12.9. The van der Waals surface area contributed by atoms with Crippen LogP contribution in [0.4, 0.5) is 4.79 Å². The molecule has 94 valence electrons. The molecule has 0 atom stereocenters. The third-order valence-electron chi connectivity index (χ3n) is 2.14. The topological polar surface area (TPSA) is 75.3 Å². The van der Waals surface area contributed by atoms with E-state index in [1.54, 1.807) is 12.1 Å². The Kier molecular flexibility index (Phi) is 4.51. The van der Waals surface area contributed by atoms with Crippen LogP contribution in [0.5, 0.6) is 0 Å². The number of carbonyl (C=O) groups excluding carboxylic acids is 1. The molecule has 0 bridgehead atoms. The third kappa shape index (κ3) is 4.44. The lowest BCUT2D eigenvalue weighted by atomic mass is 10.2. The summed E-state index contributed by atoms with van der Waals surface area (Å²) in [4.78, 5) is 11.4. The van der Waals surface area contributed by atoms with Crippen LogP contribution in [-0.4, -0.2) is 27.2 Å². The molecule has 0 aliphatic rings. The number of nitrogens with one attached hydrogen (secondary N) is 2. The van der Waals surface area contributed by atoms with Gasteiger partial charge in [0.1, 0.15) is 0 Å². The molecular formula is C11H16N2O3S. The molecule has 0 aromatic heterocycles. The standard InChI is InChI=1S/C11H16N2O3S/c1-3-12-11(14)13-8-9-4-6-10(7-5-9)17(2,15)16/h4-7H,3,8H2,1-2H3,(H2,12,13,14). The Bertz CT molecular complexity index is 480. The molecule has 17 heavy (non-hydrogen) atoms. The quantitative estimate of drug-likeness (QED) is 0.840. The summed E-state index contributed by atoms with van der Waals surface area (Å²) in [6.45, 7) is 2.77. The summed E-state index contributed by atoms with van der Waals surface area (Å²) in [5.74, 6) is 0. The minimum Gasteiger partial charge on any atom is -0.338 e. The normalized spacial score (nSPS) is 10.9. The van der Waals surface area contributed by atoms with Gasteiger partial charge in [0.05, 0.1) is 4.90 Å². The molecular weight excluding hydrogens is 240 g/mol. The maximum atomic E-state index is 11.2. The number of rotatable bonds is 4. The van der Waals surface area contributed by atoms with Crippen LogP contribution in [0.2, 0.25) is 0 Å². The zero-order valence-electron chi connectivity index (χ0n) is 9.86. The van der Waals surface area contributed by atoms with Gasteiger partial charge in [0.15, 0.2) is 9.84 Å². The summed E-state index contributed by atoms with van der Waals surface area (Å²) < 4.78 is 22.4. The highest BCUT2D eigenvalue weighted by Gasteiger charge is 2.06. The Morgan fingerprint density at radius 2 is 1.76 bits per heavy atom. The molecule has 6 heteroatoms. The van der Waals surface area contributed by atoms with Gasteiger partial charge in [-0.1, -0.05) is 12.1 Å². The first kappa shape index (κ1) is 13.5. The van der Waals surface area contributed by atoms with Crippen molar-refractivity contribution in [1.82, 2.24) is 10.6 Å². The minimum absolute atomic E-state index is 0.236. The largest absolute Gasteiger partial charge is 0.338 e. The van der Waals surface area contributed by atoms with Crippen molar-refractivity contribution in [3.8, 4) is 0 Å². The molecule has 1 aromatic rings. The summed E-state index contributed by atoms with van der Waals surface area (Å²) in [6.07, 6.45) is 1.16. The van der Waals surface area contributed by atoms with E-state index >= 15 is 0 Å². The predicted molar refractivity (Wildman–Crippen MR) is 65.5 cm³/mol. The highest BCUT2D eigenvalue weighted by Crippen LogP contribution is 2.09. The molecule has 2 amide bonds. The van der Waals surface area contributed by atoms with Crippen molar-refractivity contribution in [3.05, 3.63) is 29.8 Å². The second kappa shape index (κ2) is 5.67. The van der Waals surface area contributed by atoms with Gasteiger partial charge in [-0.3, -0.25) is 0 Å². The van der Waals surface area contributed by atoms with E-state index in [0.717, 1.165) is 11.8 Å². The molecule has 1 rings (SSSR count). The molecule has 0 aliphatic heterocycles. The molecule has 0 saturated carbocycles. The highest BCUT2D eigenvalue weighted by atomic mass is 32.2. The Labute approximate surface area is 101 Å². The van der Waals surface area contributed by atoms with E-state index in [-0.39, 0.29) is 10.9 Å². The minimum atomic E-state index is -3.16. The van der Waals surface area contributed by atoms with Crippen LogP contribution in [0.1, 0.15) is 12.5 Å². The third-order valence-corrected chi connectivity index (χ3v) is 3.27. The molecule has 5 nitrogen and oxygen atoms in total. The number of benzene rings is 1. The molecule has 0 unspecified atom stereocenters. The molecule has 2 N–H and O–H groups in total. The van der Waals surface area contributed by atoms with Gasteiger partial charge in [0.2, 0.25) is 0 Å². The number of urea groups is 1. The Hall–Kier alpha value is -1.56. The maximum Gasteiger partial charge on any atom is 0.315 e. The molecule has 0 aliphatic carbocycles. The van der Waals surface area contributed by atoms with Crippen molar-refractivity contribution in [3.63, 3.8) is 0 Å². The van der Waals surface area contributed by atoms with Gasteiger partial charge in [-0.25, -0.2) is 13.2 Å². The summed E-state index contributed by atoms with van der Waals surface area (Å²) in [5, 5.41) is 5.26. The van der Waals surface area contributed by atoms with E-state index in [9.17, 15) is 13.2 Å². The first-order chi connectivity index (χ1) is 7.93. The van der Waals surface area contributed by atoms with Crippen molar-refractivity contribution in [1.29, 1.82) is 0 Å². The smallest absolute Gasteiger partial charge is 0.315 e. The molecule has 0 heterocycles. The average Bonchev–Trinajstić information content (AvgIpc) is 2.26. The van der Waals surface area contributed by atoms with Crippen LogP contribution >= 0.6 is 0 Å². The van der Waals surface area contributed by atoms with Crippen LogP contribution in [0.25, 0.3) is 0 Å². The molecule has 0 radical (unpaired) electrons. The van der Waals surface area contributed by atoms with E-state index in [1.165, 1.54) is 12.1 Å². The van der Waals surface area contributed by atoms with Gasteiger partial charge in [-0.15, -0.1) is 0 Å². The van der Waals surface area contributed by atoms with E-state index < -0.39 is 9.84 Å². The summed E-state index contributed by atoms with van der Waals surface area (Å²) in [5.41, 5.74) is 0.851. The van der Waals surface area contributed by atoms with Gasteiger partial charge in [0.25, 0.3) is 0 Å². The Morgan fingerprint density at radius 1 is 1.18 bits per heavy atom. The fourth-order valence-electron chi connectivity index (χ4n) is 1.26. The van der Waals surface area contributed by atoms with Crippen molar-refractivity contribution in [2.75, 3.05) is 12.8 Å². The molecule has 0 spiro atoms. The van der Waals surface area contributed by atoms with Crippen LogP contribution < -0.4 is 10.6 Å². The lowest BCUT2D eigenvalue weighted by Gasteiger charge is -2.06. The lowest BCUT2D eigenvalue weighted by Crippen LogP contribution is -2.34. The number of sulfone groups is 1. The molecule has 0 fully saturated rings. The van der Waals surface area contributed by atoms with Gasteiger partial charge >= 0.3 is 6.03 Å². The molecule has 0 saturated heterocycles. The van der Waals surface area contributed by atoms with E-state index in [4.69, 9.17) is 0 Å². The van der Waals surface area contributed by atoms with Gasteiger partial charge in [-0.2, -0.15) is 0 Å². The van der Waals surface area contributed by atoms with Crippen LogP contribution in [0.3, 0.4) is 0 Å². The van der Waals surface area contributed by atoms with Crippen molar-refractivity contribution in [2.24, 2.45) is 0 Å². The van der Waals surface area contributed by atoms with Gasteiger partial charge in [-0.05, 0) is 24.6 Å². The highest BCUT2D eigenvalue weighted by molar-refractivity contribution is 7.90. The monoisotopic (exact) mass is 256 g/mol. The van der Waals surface area contributed by atoms with Crippen LogP contribution in [0, 0.1) is 0 Å². The summed E-state index contributed by atoms with van der Waals surface area (Å²) in [7, 11) is -3.16. The number of hydrogen-bond donors (Lipinski definition) is 2.